The minimum atomic E-state index is -0.192. The summed E-state index contributed by atoms with van der Waals surface area (Å²) < 4.78 is 5.85. The Hall–Kier alpha value is -2.56. The Bertz CT molecular complexity index is 871. The molecule has 1 atom stereocenters. The molecule has 5 heteroatoms. The van der Waals surface area contributed by atoms with Crippen LogP contribution in [0.1, 0.15) is 46.9 Å². The highest BCUT2D eigenvalue weighted by Gasteiger charge is 2.29. The average Bonchev–Trinajstić information content (AvgIpc) is 2.80. The number of hydrogen-bond acceptors (Lipinski definition) is 3. The number of ether oxygens (including phenoxy) is 1. The fraction of sp³-hybridized carbons (Fsp3) is 0.400. The number of aryl methyl sites for hydroxylation is 1. The van der Waals surface area contributed by atoms with Crippen molar-refractivity contribution in [1.82, 2.24) is 9.88 Å². The Kier molecular flexibility index (Phi) is 4.07. The van der Waals surface area contributed by atoms with E-state index in [2.05, 4.69) is 4.98 Å². The molecule has 2 aliphatic rings. The first-order valence-corrected chi connectivity index (χ1v) is 8.90. The van der Waals surface area contributed by atoms with Gasteiger partial charge in [0.05, 0.1) is 12.6 Å². The van der Waals surface area contributed by atoms with Crippen LogP contribution in [0.4, 0.5) is 0 Å². The van der Waals surface area contributed by atoms with Gasteiger partial charge in [0.25, 0.3) is 5.91 Å². The number of carbonyl (C=O) groups excluding carboxylic acids is 1. The minimum Gasteiger partial charge on any atom is -0.491 e. The van der Waals surface area contributed by atoms with Gasteiger partial charge in [-0.25, -0.2) is 0 Å². The van der Waals surface area contributed by atoms with E-state index in [1.807, 2.05) is 36.1 Å². The molecular weight excluding hydrogens is 316 g/mol. The summed E-state index contributed by atoms with van der Waals surface area (Å²) in [4.78, 5) is 30.1. The first kappa shape index (κ1) is 15.9. The number of hydrogen-bond donors (Lipinski definition) is 1. The van der Waals surface area contributed by atoms with Crippen LogP contribution in [0, 0.1) is 0 Å². The molecule has 0 radical (unpaired) electrons. The van der Waals surface area contributed by atoms with Crippen molar-refractivity contribution in [2.75, 3.05) is 6.61 Å². The zero-order valence-electron chi connectivity index (χ0n) is 14.4. The molecule has 1 amide bonds. The maximum absolute atomic E-state index is 13.3. The number of H-pyrrole nitrogens is 1. The smallest absolute Gasteiger partial charge is 0.255 e. The molecule has 4 rings (SSSR count). The number of para-hydroxylation sites is 1. The summed E-state index contributed by atoms with van der Waals surface area (Å²) in [5, 5.41) is 0. The second-order valence-electron chi connectivity index (χ2n) is 6.91. The summed E-state index contributed by atoms with van der Waals surface area (Å²) in [5.74, 6) is 0.759. The Morgan fingerprint density at radius 3 is 2.92 bits per heavy atom. The average molecular weight is 338 g/mol. The predicted molar refractivity (Wildman–Crippen MR) is 95.0 cm³/mol. The number of aromatic nitrogens is 1. The zero-order valence-corrected chi connectivity index (χ0v) is 14.4. The Labute approximate surface area is 146 Å². The largest absolute Gasteiger partial charge is 0.491 e. The van der Waals surface area contributed by atoms with E-state index in [0.29, 0.717) is 18.7 Å². The van der Waals surface area contributed by atoms with Gasteiger partial charge >= 0.3 is 0 Å². The summed E-state index contributed by atoms with van der Waals surface area (Å²) in [6.45, 7) is 2.94. The number of carbonyl (C=O) groups is 1. The third kappa shape index (κ3) is 2.95. The first-order chi connectivity index (χ1) is 12.1. The first-order valence-electron chi connectivity index (χ1n) is 8.90. The van der Waals surface area contributed by atoms with Crippen LogP contribution in [0.25, 0.3) is 0 Å². The van der Waals surface area contributed by atoms with Crippen LogP contribution in [-0.4, -0.2) is 28.4 Å². The topological polar surface area (TPSA) is 62.4 Å². The van der Waals surface area contributed by atoms with E-state index in [0.717, 1.165) is 48.3 Å². The molecule has 25 heavy (non-hydrogen) atoms. The third-order valence-corrected chi connectivity index (χ3v) is 5.16. The van der Waals surface area contributed by atoms with Crippen molar-refractivity contribution in [1.29, 1.82) is 0 Å². The van der Waals surface area contributed by atoms with Crippen molar-refractivity contribution in [3.05, 3.63) is 63.1 Å². The SMILES string of the molecule is CC1COc2ccccc2CN1C(=O)c1cc(=O)[nH]c2c1CCCC2. The normalized spacial score (nSPS) is 19.4. The number of pyridine rings is 1. The van der Waals surface area contributed by atoms with E-state index < -0.39 is 0 Å². The van der Waals surface area contributed by atoms with E-state index in [4.69, 9.17) is 4.74 Å². The van der Waals surface area contributed by atoms with Crippen molar-refractivity contribution in [2.24, 2.45) is 0 Å². The number of nitrogens with one attached hydrogen (secondary N) is 1. The summed E-state index contributed by atoms with van der Waals surface area (Å²) in [6, 6.07) is 9.23. The highest BCUT2D eigenvalue weighted by atomic mass is 16.5. The summed E-state index contributed by atoms with van der Waals surface area (Å²) in [5.41, 5.74) is 3.31. The monoisotopic (exact) mass is 338 g/mol. The number of nitrogens with zero attached hydrogens (tertiary/aromatic N) is 1. The second kappa shape index (κ2) is 6.39. The van der Waals surface area contributed by atoms with Gasteiger partial charge in [-0.15, -0.1) is 0 Å². The molecule has 0 spiro atoms. The van der Waals surface area contributed by atoms with Crippen molar-refractivity contribution in [3.63, 3.8) is 0 Å². The van der Waals surface area contributed by atoms with Gasteiger partial charge in [0, 0.05) is 22.9 Å². The Balaban J connectivity index is 1.73. The molecule has 0 saturated heterocycles. The molecule has 0 saturated carbocycles. The van der Waals surface area contributed by atoms with Gasteiger partial charge in [0.2, 0.25) is 5.56 Å². The second-order valence-corrected chi connectivity index (χ2v) is 6.91. The van der Waals surface area contributed by atoms with Crippen LogP contribution in [0.3, 0.4) is 0 Å². The number of aromatic amines is 1. The van der Waals surface area contributed by atoms with Crippen molar-refractivity contribution in [2.45, 2.75) is 45.2 Å². The van der Waals surface area contributed by atoms with Gasteiger partial charge in [-0.05, 0) is 44.2 Å². The van der Waals surface area contributed by atoms with E-state index >= 15 is 0 Å². The molecule has 1 aliphatic carbocycles. The van der Waals surface area contributed by atoms with Gasteiger partial charge in [-0.3, -0.25) is 9.59 Å². The molecule has 1 N–H and O–H groups in total. The van der Waals surface area contributed by atoms with Crippen LogP contribution in [-0.2, 0) is 19.4 Å². The third-order valence-electron chi connectivity index (χ3n) is 5.16. The van der Waals surface area contributed by atoms with E-state index in [1.165, 1.54) is 6.07 Å². The molecule has 5 nitrogen and oxygen atoms in total. The molecule has 130 valence electrons. The van der Waals surface area contributed by atoms with Crippen molar-refractivity contribution >= 4 is 5.91 Å². The lowest BCUT2D eigenvalue weighted by Crippen LogP contribution is -2.41. The number of benzene rings is 1. The fourth-order valence-corrected chi connectivity index (χ4v) is 3.78. The van der Waals surface area contributed by atoms with Gasteiger partial charge in [0.15, 0.2) is 0 Å². The lowest BCUT2D eigenvalue weighted by atomic mass is 9.91. The summed E-state index contributed by atoms with van der Waals surface area (Å²) in [7, 11) is 0. The quantitative estimate of drug-likeness (QED) is 0.869. The Morgan fingerprint density at radius 1 is 1.24 bits per heavy atom. The molecule has 1 aromatic carbocycles. The maximum atomic E-state index is 13.3. The molecule has 0 bridgehead atoms. The molecule has 1 unspecified atom stereocenters. The van der Waals surface area contributed by atoms with Gasteiger partial charge in [-0.1, -0.05) is 18.2 Å². The lowest BCUT2D eigenvalue weighted by molar-refractivity contribution is 0.0643. The Morgan fingerprint density at radius 2 is 2.04 bits per heavy atom. The standard InChI is InChI=1S/C20H22N2O3/c1-13-12-25-18-9-5-2-6-14(18)11-22(13)20(24)16-10-19(23)21-17-8-4-3-7-15(16)17/h2,5-6,9-10,13H,3-4,7-8,11-12H2,1H3,(H,21,23). The van der Waals surface area contributed by atoms with E-state index in [9.17, 15) is 9.59 Å². The van der Waals surface area contributed by atoms with Crippen LogP contribution >= 0.6 is 0 Å². The van der Waals surface area contributed by atoms with Gasteiger partial charge in [0.1, 0.15) is 12.4 Å². The lowest BCUT2D eigenvalue weighted by Gasteiger charge is -2.28. The van der Waals surface area contributed by atoms with E-state index in [-0.39, 0.29) is 17.5 Å². The number of rotatable bonds is 1. The van der Waals surface area contributed by atoms with Crippen LogP contribution in [0.2, 0.25) is 0 Å². The van der Waals surface area contributed by atoms with E-state index in [1.54, 1.807) is 0 Å². The van der Waals surface area contributed by atoms with Crippen LogP contribution in [0.5, 0.6) is 5.75 Å². The number of amides is 1. The molecular formula is C20H22N2O3. The summed E-state index contributed by atoms with van der Waals surface area (Å²) >= 11 is 0. The maximum Gasteiger partial charge on any atom is 0.255 e. The minimum absolute atomic E-state index is 0.0570. The van der Waals surface area contributed by atoms with Gasteiger partial charge < -0.3 is 14.6 Å². The molecule has 1 aromatic heterocycles. The molecule has 0 fully saturated rings. The highest BCUT2D eigenvalue weighted by Crippen LogP contribution is 2.28. The van der Waals surface area contributed by atoms with Crippen LogP contribution in [0.15, 0.2) is 35.1 Å². The predicted octanol–water partition coefficient (Wildman–Crippen LogP) is 2.68. The van der Waals surface area contributed by atoms with Gasteiger partial charge in [-0.2, -0.15) is 0 Å². The van der Waals surface area contributed by atoms with Crippen molar-refractivity contribution in [3.8, 4) is 5.75 Å². The number of fused-ring (bicyclic) bond motifs is 2. The molecule has 2 heterocycles. The molecule has 2 aromatic rings. The highest BCUT2D eigenvalue weighted by molar-refractivity contribution is 5.96. The zero-order chi connectivity index (χ0) is 17.4. The fourth-order valence-electron chi connectivity index (χ4n) is 3.78. The van der Waals surface area contributed by atoms with Crippen molar-refractivity contribution < 1.29 is 9.53 Å². The summed E-state index contributed by atoms with van der Waals surface area (Å²) in [6.07, 6.45) is 3.80. The van der Waals surface area contributed by atoms with Crippen LogP contribution < -0.4 is 10.3 Å². The molecule has 1 aliphatic heterocycles.